The van der Waals surface area contributed by atoms with Crippen molar-refractivity contribution in [2.24, 2.45) is 5.92 Å². The zero-order valence-corrected chi connectivity index (χ0v) is 10.4. The number of rotatable bonds is 1. The molecule has 2 rings (SSSR count). The first-order chi connectivity index (χ1) is 7.59. The monoisotopic (exact) mass is 237 g/mol. The van der Waals surface area contributed by atoms with Crippen LogP contribution in [-0.4, -0.2) is 18.9 Å². The average molecular weight is 238 g/mol. The summed E-state index contributed by atoms with van der Waals surface area (Å²) in [6.07, 6.45) is 0.631. The quantitative estimate of drug-likeness (QED) is 0.748. The highest BCUT2D eigenvalue weighted by Crippen LogP contribution is 2.31. The number of Topliss-reactive ketones (excluding diaryl/α,β-unsaturated/α-hetero) is 1. The normalized spacial score (nSPS) is 21.3. The molecule has 1 atom stereocenters. The van der Waals surface area contributed by atoms with Crippen LogP contribution in [0.5, 0.6) is 0 Å². The third-order valence-corrected chi connectivity index (χ3v) is 3.48. The Balaban J connectivity index is 2.28. The van der Waals surface area contributed by atoms with E-state index in [9.17, 15) is 4.79 Å². The van der Waals surface area contributed by atoms with E-state index in [1.165, 1.54) is 5.56 Å². The molecule has 3 heteroatoms. The Kier molecular flexibility index (Phi) is 3.20. The molecule has 0 saturated carbocycles. The molecule has 2 nitrogen and oxygen atoms in total. The number of carbonyl (C=O) groups is 1. The van der Waals surface area contributed by atoms with Crippen molar-refractivity contribution in [2.75, 3.05) is 18.0 Å². The first-order valence-corrected chi connectivity index (χ1v) is 6.00. The van der Waals surface area contributed by atoms with Gasteiger partial charge in [0.15, 0.2) is 0 Å². The van der Waals surface area contributed by atoms with Gasteiger partial charge in [-0.3, -0.25) is 4.79 Å². The summed E-state index contributed by atoms with van der Waals surface area (Å²) in [5.74, 6) is 0.477. The highest BCUT2D eigenvalue weighted by molar-refractivity contribution is 6.33. The van der Waals surface area contributed by atoms with E-state index in [1.54, 1.807) is 0 Å². The number of piperidine rings is 1. The molecule has 0 aliphatic carbocycles. The summed E-state index contributed by atoms with van der Waals surface area (Å²) in [7, 11) is 0. The van der Waals surface area contributed by atoms with Crippen LogP contribution in [0.25, 0.3) is 0 Å². The third-order valence-electron chi connectivity index (χ3n) is 3.18. The van der Waals surface area contributed by atoms with Crippen LogP contribution in [0.4, 0.5) is 5.69 Å². The molecule has 0 spiro atoms. The smallest absolute Gasteiger partial charge is 0.139 e. The topological polar surface area (TPSA) is 20.3 Å². The van der Waals surface area contributed by atoms with E-state index < -0.39 is 0 Å². The summed E-state index contributed by atoms with van der Waals surface area (Å²) >= 11 is 6.22. The van der Waals surface area contributed by atoms with Gasteiger partial charge in [-0.2, -0.15) is 0 Å². The molecule has 1 saturated heterocycles. The summed E-state index contributed by atoms with van der Waals surface area (Å²) in [5.41, 5.74) is 2.26. The Bertz CT molecular complexity index is 396. The summed E-state index contributed by atoms with van der Waals surface area (Å²) in [6.45, 7) is 5.61. The minimum atomic E-state index is 0.115. The lowest BCUT2D eigenvalue weighted by molar-refractivity contribution is -0.122. The molecule has 0 bridgehead atoms. The largest absolute Gasteiger partial charge is 0.369 e. The van der Waals surface area contributed by atoms with Crippen LogP contribution < -0.4 is 4.90 Å². The summed E-state index contributed by atoms with van der Waals surface area (Å²) in [6, 6.07) is 5.92. The summed E-state index contributed by atoms with van der Waals surface area (Å²) < 4.78 is 0. The zero-order valence-electron chi connectivity index (χ0n) is 9.66. The Morgan fingerprint density at radius 1 is 1.44 bits per heavy atom. The molecule has 0 aromatic heterocycles. The first kappa shape index (κ1) is 11.5. The number of aryl methyl sites for hydroxylation is 1. The Hall–Kier alpha value is -1.02. The van der Waals surface area contributed by atoms with Gasteiger partial charge in [-0.1, -0.05) is 30.7 Å². The van der Waals surface area contributed by atoms with Gasteiger partial charge in [0, 0.05) is 25.4 Å². The zero-order chi connectivity index (χ0) is 11.7. The fraction of sp³-hybridized carbons (Fsp3) is 0.462. The lowest BCUT2D eigenvalue weighted by Crippen LogP contribution is -2.40. The maximum atomic E-state index is 11.5. The lowest BCUT2D eigenvalue weighted by Gasteiger charge is -2.33. The van der Waals surface area contributed by atoms with Gasteiger partial charge in [-0.05, 0) is 18.6 Å². The molecule has 1 heterocycles. The molecule has 0 amide bonds. The molecule has 1 fully saturated rings. The molecular formula is C13H16ClNO. The maximum absolute atomic E-state index is 11.5. The summed E-state index contributed by atoms with van der Waals surface area (Å²) in [5, 5.41) is 0.779. The molecule has 1 unspecified atom stereocenters. The first-order valence-electron chi connectivity index (χ1n) is 5.62. The number of hydrogen-bond acceptors (Lipinski definition) is 2. The number of ketones is 1. The molecule has 1 aromatic carbocycles. The van der Waals surface area contributed by atoms with E-state index in [2.05, 4.69) is 17.9 Å². The molecular weight excluding hydrogens is 222 g/mol. The SMILES string of the molecule is Cc1cccc(Cl)c1N1CCC(=O)C(C)C1. The van der Waals surface area contributed by atoms with E-state index in [4.69, 9.17) is 11.6 Å². The molecule has 1 aromatic rings. The number of para-hydroxylation sites is 1. The number of anilines is 1. The van der Waals surface area contributed by atoms with Crippen LogP contribution in [-0.2, 0) is 4.79 Å². The van der Waals surface area contributed by atoms with Gasteiger partial charge in [-0.15, -0.1) is 0 Å². The predicted molar refractivity (Wildman–Crippen MR) is 67.2 cm³/mol. The van der Waals surface area contributed by atoms with Crippen LogP contribution in [0, 0.1) is 12.8 Å². The Morgan fingerprint density at radius 2 is 2.19 bits per heavy atom. The second-order valence-corrected chi connectivity index (χ2v) is 4.88. The van der Waals surface area contributed by atoms with Gasteiger partial charge in [0.05, 0.1) is 10.7 Å². The highest BCUT2D eigenvalue weighted by atomic mass is 35.5. The van der Waals surface area contributed by atoms with Gasteiger partial charge in [0.1, 0.15) is 5.78 Å². The highest BCUT2D eigenvalue weighted by Gasteiger charge is 2.25. The van der Waals surface area contributed by atoms with Crippen molar-refractivity contribution in [3.8, 4) is 0 Å². The third kappa shape index (κ3) is 2.07. The van der Waals surface area contributed by atoms with Crippen molar-refractivity contribution in [1.29, 1.82) is 0 Å². The molecule has 16 heavy (non-hydrogen) atoms. The molecule has 86 valence electrons. The second-order valence-electron chi connectivity index (χ2n) is 4.47. The van der Waals surface area contributed by atoms with Crippen molar-refractivity contribution in [2.45, 2.75) is 20.3 Å². The van der Waals surface area contributed by atoms with Gasteiger partial charge >= 0.3 is 0 Å². The molecule has 0 N–H and O–H groups in total. The average Bonchev–Trinajstić information content (AvgIpc) is 2.23. The van der Waals surface area contributed by atoms with E-state index >= 15 is 0 Å². The minimum Gasteiger partial charge on any atom is -0.369 e. The maximum Gasteiger partial charge on any atom is 0.139 e. The molecule has 1 aliphatic heterocycles. The van der Waals surface area contributed by atoms with Crippen LogP contribution >= 0.6 is 11.6 Å². The number of carbonyl (C=O) groups excluding carboxylic acids is 1. The summed E-state index contributed by atoms with van der Waals surface area (Å²) in [4.78, 5) is 13.7. The van der Waals surface area contributed by atoms with Crippen molar-refractivity contribution < 1.29 is 4.79 Å². The number of benzene rings is 1. The lowest BCUT2D eigenvalue weighted by atomic mass is 9.97. The number of hydrogen-bond donors (Lipinski definition) is 0. The van der Waals surface area contributed by atoms with Crippen molar-refractivity contribution in [3.05, 3.63) is 28.8 Å². The Labute approximate surface area is 101 Å². The number of halogens is 1. The standard InChI is InChI=1S/C13H16ClNO/c1-9-4-3-5-11(14)13(9)15-7-6-12(16)10(2)8-15/h3-5,10H,6-8H2,1-2H3. The fourth-order valence-corrected chi connectivity index (χ4v) is 2.58. The van der Waals surface area contributed by atoms with Gasteiger partial charge in [0.25, 0.3) is 0 Å². The minimum absolute atomic E-state index is 0.115. The van der Waals surface area contributed by atoms with Gasteiger partial charge < -0.3 is 4.90 Å². The molecule has 1 aliphatic rings. The van der Waals surface area contributed by atoms with E-state index in [-0.39, 0.29) is 5.92 Å². The fourth-order valence-electron chi connectivity index (χ4n) is 2.24. The van der Waals surface area contributed by atoms with E-state index in [0.29, 0.717) is 12.2 Å². The van der Waals surface area contributed by atoms with Gasteiger partial charge in [0.2, 0.25) is 0 Å². The Morgan fingerprint density at radius 3 is 2.81 bits per heavy atom. The van der Waals surface area contributed by atoms with Crippen LogP contribution in [0.15, 0.2) is 18.2 Å². The van der Waals surface area contributed by atoms with Crippen molar-refractivity contribution in [3.63, 3.8) is 0 Å². The van der Waals surface area contributed by atoms with Crippen LogP contribution in [0.2, 0.25) is 5.02 Å². The number of nitrogens with zero attached hydrogens (tertiary/aromatic N) is 1. The second kappa shape index (κ2) is 4.46. The van der Waals surface area contributed by atoms with Crippen LogP contribution in [0.1, 0.15) is 18.9 Å². The van der Waals surface area contributed by atoms with Crippen molar-refractivity contribution in [1.82, 2.24) is 0 Å². The van der Waals surface area contributed by atoms with E-state index in [0.717, 1.165) is 23.8 Å². The molecule has 0 radical (unpaired) electrons. The van der Waals surface area contributed by atoms with Gasteiger partial charge in [-0.25, -0.2) is 0 Å². The predicted octanol–water partition coefficient (Wildman–Crippen LogP) is 3.06. The van der Waals surface area contributed by atoms with E-state index in [1.807, 2.05) is 19.1 Å². The van der Waals surface area contributed by atoms with Crippen LogP contribution in [0.3, 0.4) is 0 Å². The van der Waals surface area contributed by atoms with Crippen molar-refractivity contribution >= 4 is 23.1 Å².